The number of nitrogens with one attached hydrogen (secondary N) is 2. The van der Waals surface area contributed by atoms with Gasteiger partial charge in [0.05, 0.1) is 13.0 Å². The van der Waals surface area contributed by atoms with Crippen molar-refractivity contribution in [2.24, 2.45) is 11.5 Å². The molecule has 0 saturated carbocycles. The Morgan fingerprint density at radius 1 is 1.23 bits per heavy atom. The lowest BCUT2D eigenvalue weighted by atomic mass is 10.1. The molecule has 1 rings (SSSR count). The third-order valence-corrected chi connectivity index (χ3v) is 3.80. The third-order valence-electron chi connectivity index (χ3n) is 3.80. The molecule has 1 aliphatic rings. The Bertz CT molecular complexity index is 582. The molecule has 3 unspecified atom stereocenters. The molecule has 8 N–H and O–H groups in total. The van der Waals surface area contributed by atoms with Gasteiger partial charge in [-0.3, -0.25) is 24.0 Å². The molecule has 12 heteroatoms. The summed E-state index contributed by atoms with van der Waals surface area (Å²) >= 11 is 0. The highest BCUT2D eigenvalue weighted by Gasteiger charge is 2.37. The standard InChI is InChI=1S/C14H23N5O7/c15-7(6-20)14(26)19-3-1-2-9(19)13(25)18-8(4-10(16)21)12(24)17-5-11(22)23/h7-9,20H,1-6,15H2,(H2,16,21)(H,17,24)(H,18,25)(H,22,23). The molecule has 0 bridgehead atoms. The van der Waals surface area contributed by atoms with Gasteiger partial charge in [-0.1, -0.05) is 0 Å². The van der Waals surface area contributed by atoms with Crippen LogP contribution in [-0.4, -0.2) is 82.5 Å². The van der Waals surface area contributed by atoms with Crippen LogP contribution in [0, 0.1) is 0 Å². The van der Waals surface area contributed by atoms with E-state index in [1.807, 2.05) is 0 Å². The zero-order chi connectivity index (χ0) is 19.9. The summed E-state index contributed by atoms with van der Waals surface area (Å²) in [5.41, 5.74) is 10.5. The molecule has 0 aliphatic carbocycles. The topological polar surface area (TPSA) is 205 Å². The van der Waals surface area contributed by atoms with Crippen LogP contribution in [0.2, 0.25) is 0 Å². The van der Waals surface area contributed by atoms with E-state index < -0.39 is 67.3 Å². The number of carbonyl (C=O) groups excluding carboxylic acids is 4. The van der Waals surface area contributed by atoms with E-state index in [9.17, 15) is 24.0 Å². The van der Waals surface area contributed by atoms with Crippen LogP contribution in [0.15, 0.2) is 0 Å². The summed E-state index contributed by atoms with van der Waals surface area (Å²) in [5.74, 6) is -4.36. The van der Waals surface area contributed by atoms with E-state index in [0.717, 1.165) is 0 Å². The maximum absolute atomic E-state index is 12.4. The lowest BCUT2D eigenvalue weighted by Gasteiger charge is -2.27. The minimum absolute atomic E-state index is 0.260. The smallest absolute Gasteiger partial charge is 0.322 e. The van der Waals surface area contributed by atoms with Crippen LogP contribution in [0.4, 0.5) is 0 Å². The number of carboxylic acid groups (broad SMARTS) is 1. The molecule has 1 heterocycles. The van der Waals surface area contributed by atoms with E-state index in [1.165, 1.54) is 4.90 Å². The summed E-state index contributed by atoms with van der Waals surface area (Å²) in [7, 11) is 0. The highest BCUT2D eigenvalue weighted by atomic mass is 16.4. The van der Waals surface area contributed by atoms with Gasteiger partial charge in [0.25, 0.3) is 0 Å². The number of amides is 4. The SMILES string of the molecule is NC(=O)CC(NC(=O)C1CCCN1C(=O)C(N)CO)C(=O)NCC(=O)O. The first-order valence-corrected chi connectivity index (χ1v) is 7.92. The molecule has 0 aromatic rings. The highest BCUT2D eigenvalue weighted by molar-refractivity contribution is 5.95. The zero-order valence-electron chi connectivity index (χ0n) is 14.0. The van der Waals surface area contributed by atoms with E-state index in [1.54, 1.807) is 0 Å². The number of aliphatic hydroxyl groups excluding tert-OH is 1. The van der Waals surface area contributed by atoms with Gasteiger partial charge < -0.3 is 37.2 Å². The van der Waals surface area contributed by atoms with E-state index in [2.05, 4.69) is 10.6 Å². The van der Waals surface area contributed by atoms with Gasteiger partial charge in [0, 0.05) is 6.54 Å². The number of aliphatic carboxylic acids is 1. The van der Waals surface area contributed by atoms with Gasteiger partial charge in [0.1, 0.15) is 24.7 Å². The maximum atomic E-state index is 12.4. The second-order valence-corrected chi connectivity index (χ2v) is 5.82. The lowest BCUT2D eigenvalue weighted by Crippen LogP contribution is -2.56. The number of carbonyl (C=O) groups is 5. The molecule has 1 saturated heterocycles. The number of nitrogens with zero attached hydrogens (tertiary/aromatic N) is 1. The number of hydrogen-bond acceptors (Lipinski definition) is 7. The number of aliphatic hydroxyl groups is 1. The molecule has 0 spiro atoms. The summed E-state index contributed by atoms with van der Waals surface area (Å²) in [6, 6.07) is -3.45. The summed E-state index contributed by atoms with van der Waals surface area (Å²) in [4.78, 5) is 59.4. The molecule has 26 heavy (non-hydrogen) atoms. The van der Waals surface area contributed by atoms with Crippen molar-refractivity contribution < 1.29 is 34.2 Å². The number of likely N-dealkylation sites (tertiary alicyclic amines) is 1. The number of hydrogen-bond donors (Lipinski definition) is 6. The number of rotatable bonds is 9. The van der Waals surface area contributed by atoms with E-state index >= 15 is 0 Å². The number of nitrogens with two attached hydrogens (primary N) is 2. The molecule has 146 valence electrons. The Morgan fingerprint density at radius 2 is 1.88 bits per heavy atom. The fourth-order valence-electron chi connectivity index (χ4n) is 2.56. The molecule has 0 aromatic heterocycles. The van der Waals surface area contributed by atoms with Crippen molar-refractivity contribution in [2.75, 3.05) is 19.7 Å². The van der Waals surface area contributed by atoms with Gasteiger partial charge in [-0.05, 0) is 12.8 Å². The molecule has 3 atom stereocenters. The lowest BCUT2D eigenvalue weighted by molar-refractivity contribution is -0.141. The van der Waals surface area contributed by atoms with Gasteiger partial charge in [0.15, 0.2) is 0 Å². The van der Waals surface area contributed by atoms with Crippen molar-refractivity contribution in [3.8, 4) is 0 Å². The monoisotopic (exact) mass is 373 g/mol. The Hall–Kier alpha value is -2.73. The maximum Gasteiger partial charge on any atom is 0.322 e. The largest absolute Gasteiger partial charge is 0.480 e. The molecular weight excluding hydrogens is 350 g/mol. The molecule has 1 fully saturated rings. The van der Waals surface area contributed by atoms with Crippen molar-refractivity contribution in [1.29, 1.82) is 0 Å². The summed E-state index contributed by atoms with van der Waals surface area (Å²) in [6.45, 7) is -1.01. The second kappa shape index (κ2) is 9.68. The predicted molar refractivity (Wildman–Crippen MR) is 86.2 cm³/mol. The molecule has 12 nitrogen and oxygen atoms in total. The Labute approximate surface area is 148 Å². The number of carboxylic acids is 1. The van der Waals surface area contributed by atoms with E-state index in [0.29, 0.717) is 12.8 Å². The van der Waals surface area contributed by atoms with E-state index in [4.69, 9.17) is 21.7 Å². The first-order valence-electron chi connectivity index (χ1n) is 7.92. The normalized spacial score (nSPS) is 18.7. The van der Waals surface area contributed by atoms with Gasteiger partial charge in [-0.25, -0.2) is 0 Å². The fraction of sp³-hybridized carbons (Fsp3) is 0.643. The van der Waals surface area contributed by atoms with Gasteiger partial charge in [0.2, 0.25) is 23.6 Å². The summed E-state index contributed by atoms with van der Waals surface area (Å²) < 4.78 is 0. The quantitative estimate of drug-likeness (QED) is 0.233. The summed E-state index contributed by atoms with van der Waals surface area (Å²) in [6.07, 6.45) is 0.303. The average molecular weight is 373 g/mol. The Morgan fingerprint density at radius 3 is 2.42 bits per heavy atom. The first-order chi connectivity index (χ1) is 12.2. The highest BCUT2D eigenvalue weighted by Crippen LogP contribution is 2.18. The molecule has 1 aliphatic heterocycles. The zero-order valence-corrected chi connectivity index (χ0v) is 14.0. The van der Waals surface area contributed by atoms with Crippen molar-refractivity contribution in [3.63, 3.8) is 0 Å². The van der Waals surface area contributed by atoms with Crippen molar-refractivity contribution in [1.82, 2.24) is 15.5 Å². The fourth-order valence-corrected chi connectivity index (χ4v) is 2.56. The van der Waals surface area contributed by atoms with Crippen LogP contribution >= 0.6 is 0 Å². The van der Waals surface area contributed by atoms with Crippen LogP contribution in [0.3, 0.4) is 0 Å². The summed E-state index contributed by atoms with van der Waals surface area (Å²) in [5, 5.41) is 21.9. The second-order valence-electron chi connectivity index (χ2n) is 5.82. The average Bonchev–Trinajstić information content (AvgIpc) is 3.06. The van der Waals surface area contributed by atoms with Crippen LogP contribution in [0.25, 0.3) is 0 Å². The minimum Gasteiger partial charge on any atom is -0.480 e. The Kier molecular flexibility index (Phi) is 7.93. The van der Waals surface area contributed by atoms with Crippen LogP contribution in [0.1, 0.15) is 19.3 Å². The molecule has 4 amide bonds. The van der Waals surface area contributed by atoms with Crippen LogP contribution in [0.5, 0.6) is 0 Å². The Balaban J connectivity index is 2.80. The molecule has 0 radical (unpaired) electrons. The van der Waals surface area contributed by atoms with Crippen LogP contribution < -0.4 is 22.1 Å². The van der Waals surface area contributed by atoms with E-state index in [-0.39, 0.29) is 6.54 Å². The van der Waals surface area contributed by atoms with Gasteiger partial charge in [-0.2, -0.15) is 0 Å². The van der Waals surface area contributed by atoms with Crippen molar-refractivity contribution in [3.05, 3.63) is 0 Å². The minimum atomic E-state index is -1.37. The molecular formula is C14H23N5O7. The van der Waals surface area contributed by atoms with Gasteiger partial charge >= 0.3 is 5.97 Å². The van der Waals surface area contributed by atoms with Crippen molar-refractivity contribution >= 4 is 29.6 Å². The predicted octanol–water partition coefficient (Wildman–Crippen LogP) is -4.14. The molecule has 0 aromatic carbocycles. The van der Waals surface area contributed by atoms with Gasteiger partial charge in [-0.15, -0.1) is 0 Å². The van der Waals surface area contributed by atoms with Crippen molar-refractivity contribution in [2.45, 2.75) is 37.4 Å². The van der Waals surface area contributed by atoms with Crippen LogP contribution in [-0.2, 0) is 24.0 Å². The number of primary amides is 1. The first kappa shape index (κ1) is 21.3. The third kappa shape index (κ3) is 5.97.